The Balaban J connectivity index is 2.25. The fraction of sp³-hybridized carbons (Fsp3) is 0.250. The maximum atomic E-state index is 12.7. The summed E-state index contributed by atoms with van der Waals surface area (Å²) in [6.45, 7) is -0.215. The average Bonchev–Trinajstić information content (AvgIpc) is 2.71. The van der Waals surface area contributed by atoms with Crippen molar-refractivity contribution in [1.29, 1.82) is 0 Å². The van der Waals surface area contributed by atoms with E-state index in [-0.39, 0.29) is 24.3 Å². The van der Waals surface area contributed by atoms with Gasteiger partial charge in [0.15, 0.2) is 5.78 Å². The molecule has 18 heavy (non-hydrogen) atoms. The first-order chi connectivity index (χ1) is 8.49. The number of carbonyl (C=O) groups is 3. The largest absolute Gasteiger partial charge is 0.480 e. The molecular weight excluding hydrogens is 241 g/mol. The number of benzene rings is 1. The predicted molar refractivity (Wildman–Crippen MR) is 58.5 cm³/mol. The molecule has 5 nitrogen and oxygen atoms in total. The van der Waals surface area contributed by atoms with Gasteiger partial charge >= 0.3 is 5.97 Å². The highest BCUT2D eigenvalue weighted by Gasteiger charge is 2.38. The maximum Gasteiger partial charge on any atom is 0.326 e. The normalized spacial score (nSPS) is 19.1. The Morgan fingerprint density at radius 1 is 1.28 bits per heavy atom. The fourth-order valence-corrected chi connectivity index (χ4v) is 1.88. The highest BCUT2D eigenvalue weighted by atomic mass is 19.1. The van der Waals surface area contributed by atoms with Gasteiger partial charge in [-0.15, -0.1) is 0 Å². The first-order valence-electron chi connectivity index (χ1n) is 5.30. The van der Waals surface area contributed by atoms with Gasteiger partial charge in [0.25, 0.3) is 5.91 Å². The maximum absolute atomic E-state index is 12.7. The van der Waals surface area contributed by atoms with Gasteiger partial charge in [0.2, 0.25) is 0 Å². The molecule has 1 fully saturated rings. The van der Waals surface area contributed by atoms with Crippen LogP contribution in [0.1, 0.15) is 16.8 Å². The zero-order valence-corrected chi connectivity index (χ0v) is 9.30. The third kappa shape index (κ3) is 2.22. The molecule has 0 unspecified atom stereocenters. The number of Topliss-reactive ketones (excluding diaryl/α,β-unsaturated/α-hetero) is 1. The summed E-state index contributed by atoms with van der Waals surface area (Å²) in [6, 6.07) is 3.62. The second kappa shape index (κ2) is 4.56. The van der Waals surface area contributed by atoms with Crippen LogP contribution in [0.4, 0.5) is 4.39 Å². The van der Waals surface area contributed by atoms with Gasteiger partial charge < -0.3 is 10.0 Å². The lowest BCUT2D eigenvalue weighted by Crippen LogP contribution is -2.40. The Kier molecular flexibility index (Phi) is 3.10. The Morgan fingerprint density at radius 2 is 1.89 bits per heavy atom. The van der Waals surface area contributed by atoms with E-state index in [4.69, 9.17) is 5.11 Å². The van der Waals surface area contributed by atoms with Gasteiger partial charge in [0.1, 0.15) is 11.9 Å². The summed E-state index contributed by atoms with van der Waals surface area (Å²) in [5.41, 5.74) is 0.164. The van der Waals surface area contributed by atoms with Crippen LogP contribution in [-0.2, 0) is 9.59 Å². The molecule has 1 aliphatic heterocycles. The molecule has 1 saturated heterocycles. The summed E-state index contributed by atoms with van der Waals surface area (Å²) in [7, 11) is 0. The van der Waals surface area contributed by atoms with E-state index in [9.17, 15) is 18.8 Å². The van der Waals surface area contributed by atoms with Crippen LogP contribution in [0.3, 0.4) is 0 Å². The van der Waals surface area contributed by atoms with E-state index in [0.717, 1.165) is 17.0 Å². The Labute approximate surface area is 102 Å². The molecular formula is C12H10FNO4. The molecule has 1 heterocycles. The second-order valence-electron chi connectivity index (χ2n) is 4.04. The minimum absolute atomic E-state index is 0.164. The van der Waals surface area contributed by atoms with E-state index in [2.05, 4.69) is 0 Å². The lowest BCUT2D eigenvalue weighted by molar-refractivity contribution is -0.141. The van der Waals surface area contributed by atoms with Crippen LogP contribution < -0.4 is 0 Å². The number of amides is 1. The van der Waals surface area contributed by atoms with Crippen molar-refractivity contribution < 1.29 is 23.9 Å². The molecule has 1 aromatic rings. The Hall–Kier alpha value is -2.24. The lowest BCUT2D eigenvalue weighted by atomic mass is 10.1. The molecule has 1 N–H and O–H groups in total. The molecule has 1 aromatic carbocycles. The Bertz CT molecular complexity index is 511. The topological polar surface area (TPSA) is 74.7 Å². The van der Waals surface area contributed by atoms with Gasteiger partial charge in [-0.05, 0) is 24.3 Å². The van der Waals surface area contributed by atoms with Gasteiger partial charge in [0, 0.05) is 12.0 Å². The van der Waals surface area contributed by atoms with Crippen LogP contribution in [0.15, 0.2) is 24.3 Å². The van der Waals surface area contributed by atoms with Crippen LogP contribution in [0.2, 0.25) is 0 Å². The minimum atomic E-state index is -1.21. The number of likely N-dealkylation sites (tertiary alicyclic amines) is 1. The van der Waals surface area contributed by atoms with Gasteiger partial charge in [-0.1, -0.05) is 0 Å². The molecule has 1 amide bonds. The molecule has 1 aliphatic rings. The molecule has 0 radical (unpaired) electrons. The standard InChI is InChI=1S/C12H10FNO4/c13-8-3-1-7(2-4-8)11(16)14-6-9(15)5-10(14)12(17)18/h1-4,10H,5-6H2,(H,17,18)/t10-/m1/s1. The van der Waals surface area contributed by atoms with Gasteiger partial charge in [-0.3, -0.25) is 9.59 Å². The quantitative estimate of drug-likeness (QED) is 0.839. The summed E-state index contributed by atoms with van der Waals surface area (Å²) in [6.07, 6.45) is -0.178. The van der Waals surface area contributed by atoms with E-state index in [1.807, 2.05) is 0 Å². The summed E-state index contributed by atoms with van der Waals surface area (Å²) in [5, 5.41) is 8.94. The van der Waals surface area contributed by atoms with E-state index < -0.39 is 23.7 Å². The van der Waals surface area contributed by atoms with E-state index >= 15 is 0 Å². The number of carboxylic acid groups (broad SMARTS) is 1. The van der Waals surface area contributed by atoms with Crippen molar-refractivity contribution in [3.05, 3.63) is 35.6 Å². The van der Waals surface area contributed by atoms with Crippen molar-refractivity contribution >= 4 is 17.7 Å². The van der Waals surface area contributed by atoms with E-state index in [1.165, 1.54) is 12.1 Å². The fourth-order valence-electron chi connectivity index (χ4n) is 1.88. The number of hydrogen-bond donors (Lipinski definition) is 1. The number of ketones is 1. The number of nitrogens with zero attached hydrogens (tertiary/aromatic N) is 1. The summed E-state index contributed by atoms with van der Waals surface area (Å²) in [5.74, 6) is -2.57. The smallest absolute Gasteiger partial charge is 0.326 e. The number of carbonyl (C=O) groups excluding carboxylic acids is 2. The Morgan fingerprint density at radius 3 is 2.44 bits per heavy atom. The van der Waals surface area contributed by atoms with Crippen LogP contribution >= 0.6 is 0 Å². The van der Waals surface area contributed by atoms with Crippen molar-refractivity contribution in [2.24, 2.45) is 0 Å². The third-order valence-corrected chi connectivity index (χ3v) is 2.78. The van der Waals surface area contributed by atoms with Crippen LogP contribution in [0.25, 0.3) is 0 Å². The van der Waals surface area contributed by atoms with Gasteiger partial charge in [-0.2, -0.15) is 0 Å². The molecule has 0 saturated carbocycles. The summed E-state index contributed by atoms with van der Waals surface area (Å²) < 4.78 is 12.7. The third-order valence-electron chi connectivity index (χ3n) is 2.78. The number of hydrogen-bond acceptors (Lipinski definition) is 3. The van der Waals surface area contributed by atoms with Crippen molar-refractivity contribution in [1.82, 2.24) is 4.90 Å². The van der Waals surface area contributed by atoms with Crippen molar-refractivity contribution in [2.75, 3.05) is 6.54 Å². The first-order valence-corrected chi connectivity index (χ1v) is 5.30. The molecule has 0 spiro atoms. The molecule has 6 heteroatoms. The lowest BCUT2D eigenvalue weighted by Gasteiger charge is -2.20. The zero-order chi connectivity index (χ0) is 13.3. The highest BCUT2D eigenvalue weighted by molar-refractivity contribution is 6.02. The van der Waals surface area contributed by atoms with E-state index in [0.29, 0.717) is 0 Å². The zero-order valence-electron chi connectivity index (χ0n) is 9.30. The summed E-state index contributed by atoms with van der Waals surface area (Å²) >= 11 is 0. The van der Waals surface area contributed by atoms with Crippen LogP contribution in [0.5, 0.6) is 0 Å². The second-order valence-corrected chi connectivity index (χ2v) is 4.04. The van der Waals surface area contributed by atoms with Crippen LogP contribution in [0, 0.1) is 5.82 Å². The minimum Gasteiger partial charge on any atom is -0.480 e. The van der Waals surface area contributed by atoms with Crippen molar-refractivity contribution in [3.63, 3.8) is 0 Å². The van der Waals surface area contributed by atoms with Crippen LogP contribution in [-0.4, -0.2) is 40.3 Å². The predicted octanol–water partition coefficient (Wildman–Crippen LogP) is 0.694. The summed E-state index contributed by atoms with van der Waals surface area (Å²) in [4.78, 5) is 35.2. The molecule has 94 valence electrons. The average molecular weight is 251 g/mol. The molecule has 2 rings (SSSR count). The van der Waals surface area contributed by atoms with Crippen molar-refractivity contribution in [3.8, 4) is 0 Å². The molecule has 1 atom stereocenters. The van der Waals surface area contributed by atoms with E-state index in [1.54, 1.807) is 0 Å². The SMILES string of the molecule is O=C1C[C@H](C(=O)O)N(C(=O)c2ccc(F)cc2)C1. The highest BCUT2D eigenvalue weighted by Crippen LogP contribution is 2.18. The number of carboxylic acids is 1. The van der Waals surface area contributed by atoms with Gasteiger partial charge in [-0.25, -0.2) is 9.18 Å². The molecule has 0 bridgehead atoms. The first kappa shape index (κ1) is 12.2. The molecule has 0 aliphatic carbocycles. The molecule has 0 aromatic heterocycles. The number of aliphatic carboxylic acids is 1. The number of halogens is 1. The van der Waals surface area contributed by atoms with Gasteiger partial charge in [0.05, 0.1) is 6.54 Å². The monoisotopic (exact) mass is 251 g/mol. The number of rotatable bonds is 2. The van der Waals surface area contributed by atoms with Crippen molar-refractivity contribution in [2.45, 2.75) is 12.5 Å².